The van der Waals surface area contributed by atoms with E-state index in [4.69, 9.17) is 9.47 Å². The first-order valence-electron chi connectivity index (χ1n) is 5.87. The molecule has 0 amide bonds. The molecule has 0 aliphatic heterocycles. The number of esters is 1. The molecular formula is C14H13NO4S. The van der Waals surface area contributed by atoms with E-state index in [1.54, 1.807) is 31.2 Å². The van der Waals surface area contributed by atoms with Crippen LogP contribution >= 0.6 is 11.3 Å². The summed E-state index contributed by atoms with van der Waals surface area (Å²) in [4.78, 5) is 27.9. The normalized spacial score (nSPS) is 10.1. The first-order valence-corrected chi connectivity index (χ1v) is 6.68. The molecule has 0 spiro atoms. The maximum atomic E-state index is 11.9. The van der Waals surface area contributed by atoms with Crippen molar-refractivity contribution in [1.82, 2.24) is 4.98 Å². The predicted octanol–water partition coefficient (Wildman–Crippen LogP) is 2.50. The zero-order chi connectivity index (χ0) is 14.5. The summed E-state index contributed by atoms with van der Waals surface area (Å²) in [6.45, 7) is 1.49. The lowest BCUT2D eigenvalue weighted by atomic mass is 10.1. The van der Waals surface area contributed by atoms with Gasteiger partial charge in [-0.15, -0.1) is 11.3 Å². The number of carbonyl (C=O) groups is 2. The fourth-order valence-electron chi connectivity index (χ4n) is 1.54. The van der Waals surface area contributed by atoms with E-state index in [0.29, 0.717) is 16.2 Å². The Morgan fingerprint density at radius 1 is 1.35 bits per heavy atom. The lowest BCUT2D eigenvalue weighted by Crippen LogP contribution is -2.13. The molecule has 1 aromatic heterocycles. The van der Waals surface area contributed by atoms with Gasteiger partial charge < -0.3 is 9.47 Å². The molecule has 0 aliphatic carbocycles. The van der Waals surface area contributed by atoms with Gasteiger partial charge in [0.2, 0.25) is 0 Å². The van der Waals surface area contributed by atoms with Crippen LogP contribution in [0.5, 0.6) is 5.75 Å². The van der Waals surface area contributed by atoms with Gasteiger partial charge in [-0.05, 0) is 19.1 Å². The Balaban J connectivity index is 1.96. The monoisotopic (exact) mass is 291 g/mol. The van der Waals surface area contributed by atoms with Crippen LogP contribution in [0.3, 0.4) is 0 Å². The second-order valence-electron chi connectivity index (χ2n) is 3.97. The second kappa shape index (κ2) is 6.29. The molecule has 0 aliphatic rings. The van der Waals surface area contributed by atoms with E-state index in [9.17, 15) is 9.59 Å². The fraction of sp³-hybridized carbons (Fsp3) is 0.214. The molecule has 2 aromatic rings. The maximum absolute atomic E-state index is 11.9. The Morgan fingerprint density at radius 3 is 2.80 bits per heavy atom. The van der Waals surface area contributed by atoms with Gasteiger partial charge in [-0.3, -0.25) is 4.79 Å². The van der Waals surface area contributed by atoms with Crippen molar-refractivity contribution < 1.29 is 19.1 Å². The fourth-order valence-corrected chi connectivity index (χ4v) is 2.21. The molecular weight excluding hydrogens is 278 g/mol. The number of aromatic nitrogens is 1. The van der Waals surface area contributed by atoms with E-state index in [2.05, 4.69) is 4.98 Å². The molecule has 0 atom stereocenters. The van der Waals surface area contributed by atoms with Crippen LogP contribution in [0.4, 0.5) is 0 Å². The molecule has 20 heavy (non-hydrogen) atoms. The number of nitrogens with zero attached hydrogens (tertiary/aromatic N) is 1. The highest BCUT2D eigenvalue weighted by atomic mass is 32.1. The average Bonchev–Trinajstić information content (AvgIpc) is 2.91. The Bertz CT molecular complexity index is 636. The van der Waals surface area contributed by atoms with Crippen molar-refractivity contribution in [3.63, 3.8) is 0 Å². The van der Waals surface area contributed by atoms with Crippen molar-refractivity contribution in [2.45, 2.75) is 6.92 Å². The Kier molecular flexibility index (Phi) is 4.47. The van der Waals surface area contributed by atoms with Crippen molar-refractivity contribution >= 4 is 23.1 Å². The van der Waals surface area contributed by atoms with Gasteiger partial charge in [0.05, 0.1) is 18.3 Å². The van der Waals surface area contributed by atoms with Gasteiger partial charge in [-0.25, -0.2) is 9.78 Å². The molecule has 5 nitrogen and oxygen atoms in total. The van der Waals surface area contributed by atoms with Gasteiger partial charge in [-0.2, -0.15) is 0 Å². The molecule has 104 valence electrons. The van der Waals surface area contributed by atoms with Gasteiger partial charge in [0.1, 0.15) is 10.6 Å². The summed E-state index contributed by atoms with van der Waals surface area (Å²) in [7, 11) is 1.52. The maximum Gasteiger partial charge on any atom is 0.350 e. The Hall–Kier alpha value is -2.21. The molecule has 0 radical (unpaired) electrons. The minimum atomic E-state index is -0.535. The quantitative estimate of drug-likeness (QED) is 0.625. The highest BCUT2D eigenvalue weighted by molar-refractivity contribution is 7.13. The SMILES string of the molecule is COc1cccc(C(=O)COC(=O)c2cnc(C)s2)c1. The van der Waals surface area contributed by atoms with Crippen LogP contribution < -0.4 is 4.74 Å². The molecule has 1 aromatic carbocycles. The average molecular weight is 291 g/mol. The third-order valence-electron chi connectivity index (χ3n) is 2.55. The molecule has 0 saturated carbocycles. The number of carbonyl (C=O) groups excluding carboxylic acids is 2. The standard InChI is InChI=1S/C14H13NO4S/c1-9-15-7-13(20-9)14(17)19-8-12(16)10-4-3-5-11(6-10)18-2/h3-7H,8H2,1-2H3. The molecule has 0 unspecified atom stereocenters. The third kappa shape index (κ3) is 3.42. The highest BCUT2D eigenvalue weighted by Crippen LogP contribution is 2.15. The summed E-state index contributed by atoms with van der Waals surface area (Å²) in [6.07, 6.45) is 1.44. The minimum absolute atomic E-state index is 0.279. The number of thiazole rings is 1. The first-order chi connectivity index (χ1) is 9.60. The zero-order valence-electron chi connectivity index (χ0n) is 11.1. The Labute approximate surface area is 120 Å². The summed E-state index contributed by atoms with van der Waals surface area (Å²) < 4.78 is 10.0. The first kappa shape index (κ1) is 14.2. The molecule has 6 heteroatoms. The molecule has 1 heterocycles. The van der Waals surface area contributed by atoms with Crippen LogP contribution in [0.15, 0.2) is 30.5 Å². The summed E-state index contributed by atoms with van der Waals surface area (Å²) in [5.41, 5.74) is 0.442. The number of hydrogen-bond donors (Lipinski definition) is 0. The number of methoxy groups -OCH3 is 1. The van der Waals surface area contributed by atoms with Crippen molar-refractivity contribution in [3.05, 3.63) is 45.9 Å². The largest absolute Gasteiger partial charge is 0.497 e. The van der Waals surface area contributed by atoms with Gasteiger partial charge in [0, 0.05) is 5.56 Å². The zero-order valence-corrected chi connectivity index (χ0v) is 11.9. The second-order valence-corrected chi connectivity index (χ2v) is 5.21. The van der Waals surface area contributed by atoms with Gasteiger partial charge in [0.15, 0.2) is 12.4 Å². The van der Waals surface area contributed by atoms with E-state index >= 15 is 0 Å². The van der Waals surface area contributed by atoms with Crippen LogP contribution in [-0.2, 0) is 4.74 Å². The molecule has 0 N–H and O–H groups in total. The summed E-state index contributed by atoms with van der Waals surface area (Å²) >= 11 is 1.23. The molecule has 0 bridgehead atoms. The number of benzene rings is 1. The van der Waals surface area contributed by atoms with Gasteiger partial charge in [-0.1, -0.05) is 12.1 Å². The number of Topliss-reactive ketones (excluding diaryl/α,β-unsaturated/α-hetero) is 1. The minimum Gasteiger partial charge on any atom is -0.497 e. The van der Waals surface area contributed by atoms with Gasteiger partial charge >= 0.3 is 5.97 Å². The van der Waals surface area contributed by atoms with Crippen LogP contribution in [0.1, 0.15) is 25.0 Å². The highest BCUT2D eigenvalue weighted by Gasteiger charge is 2.14. The number of ether oxygens (including phenoxy) is 2. The van der Waals surface area contributed by atoms with Crippen LogP contribution in [-0.4, -0.2) is 30.5 Å². The number of hydrogen-bond acceptors (Lipinski definition) is 6. The summed E-state index contributed by atoms with van der Waals surface area (Å²) in [5, 5.41) is 0.774. The van der Waals surface area contributed by atoms with Crippen molar-refractivity contribution in [3.8, 4) is 5.75 Å². The molecule has 2 rings (SSSR count). The van der Waals surface area contributed by atoms with E-state index in [0.717, 1.165) is 5.01 Å². The predicted molar refractivity (Wildman–Crippen MR) is 74.5 cm³/mol. The number of rotatable bonds is 5. The van der Waals surface area contributed by atoms with Crippen LogP contribution in [0.25, 0.3) is 0 Å². The molecule has 0 saturated heterocycles. The smallest absolute Gasteiger partial charge is 0.350 e. The number of aryl methyl sites for hydroxylation is 1. The lowest BCUT2D eigenvalue weighted by molar-refractivity contribution is 0.0479. The van der Waals surface area contributed by atoms with Crippen molar-refractivity contribution in [1.29, 1.82) is 0 Å². The van der Waals surface area contributed by atoms with Crippen molar-refractivity contribution in [2.24, 2.45) is 0 Å². The lowest BCUT2D eigenvalue weighted by Gasteiger charge is -2.04. The summed E-state index contributed by atoms with van der Waals surface area (Å²) in [5.74, 6) is -0.231. The summed E-state index contributed by atoms with van der Waals surface area (Å²) in [6, 6.07) is 6.70. The van der Waals surface area contributed by atoms with Gasteiger partial charge in [0.25, 0.3) is 0 Å². The van der Waals surface area contributed by atoms with E-state index < -0.39 is 5.97 Å². The third-order valence-corrected chi connectivity index (χ3v) is 3.44. The van der Waals surface area contributed by atoms with E-state index in [-0.39, 0.29) is 12.4 Å². The number of ketones is 1. The van der Waals surface area contributed by atoms with Crippen LogP contribution in [0.2, 0.25) is 0 Å². The Morgan fingerprint density at radius 2 is 2.15 bits per heavy atom. The van der Waals surface area contributed by atoms with Crippen LogP contribution in [0, 0.1) is 6.92 Å². The topological polar surface area (TPSA) is 65.5 Å². The molecule has 0 fully saturated rings. The van der Waals surface area contributed by atoms with E-state index in [1.807, 2.05) is 0 Å². The van der Waals surface area contributed by atoms with E-state index in [1.165, 1.54) is 24.6 Å². The van der Waals surface area contributed by atoms with Crippen molar-refractivity contribution in [2.75, 3.05) is 13.7 Å².